The van der Waals surface area contributed by atoms with Gasteiger partial charge in [0.25, 0.3) is 0 Å². The Morgan fingerprint density at radius 1 is 1.18 bits per heavy atom. The monoisotopic (exact) mass is 231 g/mol. The van der Waals surface area contributed by atoms with Crippen molar-refractivity contribution in [1.82, 2.24) is 5.32 Å². The van der Waals surface area contributed by atoms with E-state index in [4.69, 9.17) is 0 Å². The molecule has 0 fully saturated rings. The van der Waals surface area contributed by atoms with Crippen LogP contribution in [-0.2, 0) is 12.8 Å². The van der Waals surface area contributed by atoms with Gasteiger partial charge in [0.15, 0.2) is 0 Å². The van der Waals surface area contributed by atoms with Crippen molar-refractivity contribution in [1.29, 1.82) is 0 Å². The fourth-order valence-electron chi connectivity index (χ4n) is 3.17. The molecule has 1 heteroatoms. The maximum absolute atomic E-state index is 3.71. The summed E-state index contributed by atoms with van der Waals surface area (Å²) in [6.07, 6.45) is 3.79. The maximum Gasteiger partial charge on any atom is 0.0127 e. The lowest BCUT2D eigenvalue weighted by atomic mass is 9.86. The van der Waals surface area contributed by atoms with E-state index in [1.807, 2.05) is 0 Å². The molecule has 94 valence electrons. The summed E-state index contributed by atoms with van der Waals surface area (Å²) in [6.45, 7) is 7.99. The van der Waals surface area contributed by atoms with Crippen LogP contribution in [0.2, 0.25) is 0 Å². The van der Waals surface area contributed by atoms with Crippen LogP contribution in [0.1, 0.15) is 38.3 Å². The molecule has 0 spiro atoms. The molecule has 0 bridgehead atoms. The molecule has 0 aromatic heterocycles. The second kappa shape index (κ2) is 5.68. The standard InChI is InChI=1S/C16H25N/c1-4-12(3)16(17-5-2)15-10-13-8-6-7-9-14(13)11-15/h6-9,12,15-17H,4-5,10-11H2,1-3H3. The molecular formula is C16H25N. The van der Waals surface area contributed by atoms with Crippen molar-refractivity contribution in [3.8, 4) is 0 Å². The first-order valence-electron chi connectivity index (χ1n) is 7.06. The van der Waals surface area contributed by atoms with Crippen molar-refractivity contribution in [2.24, 2.45) is 11.8 Å². The second-order valence-corrected chi connectivity index (χ2v) is 5.41. The van der Waals surface area contributed by atoms with E-state index in [0.717, 1.165) is 18.4 Å². The van der Waals surface area contributed by atoms with Crippen LogP contribution in [0.5, 0.6) is 0 Å². The predicted molar refractivity (Wildman–Crippen MR) is 74.3 cm³/mol. The van der Waals surface area contributed by atoms with Crippen LogP contribution >= 0.6 is 0 Å². The summed E-state index contributed by atoms with van der Waals surface area (Å²) in [4.78, 5) is 0. The van der Waals surface area contributed by atoms with Gasteiger partial charge in [-0.3, -0.25) is 0 Å². The van der Waals surface area contributed by atoms with Crippen molar-refractivity contribution < 1.29 is 0 Å². The van der Waals surface area contributed by atoms with E-state index in [1.165, 1.54) is 19.3 Å². The van der Waals surface area contributed by atoms with Gasteiger partial charge >= 0.3 is 0 Å². The van der Waals surface area contributed by atoms with Crippen molar-refractivity contribution in [3.63, 3.8) is 0 Å². The molecule has 1 aromatic rings. The molecular weight excluding hydrogens is 206 g/mol. The normalized spacial score (nSPS) is 19.0. The molecule has 0 saturated carbocycles. The summed E-state index contributed by atoms with van der Waals surface area (Å²) < 4.78 is 0. The average molecular weight is 231 g/mol. The van der Waals surface area contributed by atoms with E-state index in [0.29, 0.717) is 6.04 Å². The molecule has 0 heterocycles. The molecule has 2 rings (SSSR count). The van der Waals surface area contributed by atoms with Crippen LogP contribution in [-0.4, -0.2) is 12.6 Å². The summed E-state index contributed by atoms with van der Waals surface area (Å²) in [5, 5.41) is 3.71. The summed E-state index contributed by atoms with van der Waals surface area (Å²) in [7, 11) is 0. The topological polar surface area (TPSA) is 12.0 Å². The molecule has 1 aliphatic rings. The highest BCUT2D eigenvalue weighted by Crippen LogP contribution is 2.31. The highest BCUT2D eigenvalue weighted by Gasteiger charge is 2.30. The molecule has 17 heavy (non-hydrogen) atoms. The van der Waals surface area contributed by atoms with Gasteiger partial charge in [-0.2, -0.15) is 0 Å². The lowest BCUT2D eigenvalue weighted by Crippen LogP contribution is -2.41. The van der Waals surface area contributed by atoms with Crippen molar-refractivity contribution >= 4 is 0 Å². The highest BCUT2D eigenvalue weighted by atomic mass is 14.9. The van der Waals surface area contributed by atoms with Gasteiger partial charge < -0.3 is 5.32 Å². The SMILES string of the molecule is CCNC(C(C)CC)C1Cc2ccccc2C1. The minimum atomic E-state index is 0.678. The second-order valence-electron chi connectivity index (χ2n) is 5.41. The Labute approximate surface area is 106 Å². The molecule has 0 aliphatic heterocycles. The maximum atomic E-state index is 3.71. The average Bonchev–Trinajstić information content (AvgIpc) is 2.78. The molecule has 1 aromatic carbocycles. The van der Waals surface area contributed by atoms with Gasteiger partial charge in [-0.1, -0.05) is 51.5 Å². The van der Waals surface area contributed by atoms with Gasteiger partial charge in [-0.25, -0.2) is 0 Å². The minimum absolute atomic E-state index is 0.678. The van der Waals surface area contributed by atoms with Crippen LogP contribution < -0.4 is 5.32 Å². The molecule has 0 amide bonds. The molecule has 2 unspecified atom stereocenters. The number of benzene rings is 1. The number of nitrogens with one attached hydrogen (secondary N) is 1. The largest absolute Gasteiger partial charge is 0.314 e. The minimum Gasteiger partial charge on any atom is -0.314 e. The van der Waals surface area contributed by atoms with Crippen LogP contribution in [0, 0.1) is 11.8 Å². The van der Waals surface area contributed by atoms with Gasteiger partial charge in [-0.05, 0) is 42.3 Å². The van der Waals surface area contributed by atoms with Gasteiger partial charge in [-0.15, -0.1) is 0 Å². The quantitative estimate of drug-likeness (QED) is 0.818. The summed E-state index contributed by atoms with van der Waals surface area (Å²) in [5.41, 5.74) is 3.15. The fraction of sp³-hybridized carbons (Fsp3) is 0.625. The third-order valence-corrected chi connectivity index (χ3v) is 4.29. The number of fused-ring (bicyclic) bond motifs is 1. The van der Waals surface area contributed by atoms with Crippen molar-refractivity contribution in [2.75, 3.05) is 6.54 Å². The first-order valence-corrected chi connectivity index (χ1v) is 7.06. The first-order chi connectivity index (χ1) is 8.26. The van der Waals surface area contributed by atoms with Gasteiger partial charge in [0, 0.05) is 6.04 Å². The van der Waals surface area contributed by atoms with Crippen molar-refractivity contribution in [3.05, 3.63) is 35.4 Å². The van der Waals surface area contributed by atoms with E-state index in [9.17, 15) is 0 Å². The first kappa shape index (κ1) is 12.6. The summed E-state index contributed by atoms with van der Waals surface area (Å²) in [5.74, 6) is 1.57. The molecule has 1 N–H and O–H groups in total. The van der Waals surface area contributed by atoms with E-state index in [-0.39, 0.29) is 0 Å². The van der Waals surface area contributed by atoms with E-state index >= 15 is 0 Å². The fourth-order valence-corrected chi connectivity index (χ4v) is 3.17. The Morgan fingerprint density at radius 2 is 1.76 bits per heavy atom. The third-order valence-electron chi connectivity index (χ3n) is 4.29. The van der Waals surface area contributed by atoms with E-state index in [2.05, 4.69) is 50.4 Å². The Balaban J connectivity index is 2.08. The Morgan fingerprint density at radius 3 is 2.24 bits per heavy atom. The number of rotatable bonds is 5. The van der Waals surface area contributed by atoms with Crippen LogP contribution in [0.3, 0.4) is 0 Å². The lowest BCUT2D eigenvalue weighted by molar-refractivity contribution is 0.274. The van der Waals surface area contributed by atoms with Gasteiger partial charge in [0.2, 0.25) is 0 Å². The predicted octanol–water partition coefficient (Wildman–Crippen LogP) is 3.43. The Bertz CT molecular complexity index is 333. The zero-order chi connectivity index (χ0) is 12.3. The molecule has 0 saturated heterocycles. The van der Waals surface area contributed by atoms with Gasteiger partial charge in [0.05, 0.1) is 0 Å². The highest BCUT2D eigenvalue weighted by molar-refractivity contribution is 5.32. The molecule has 2 atom stereocenters. The smallest absolute Gasteiger partial charge is 0.0127 e. The number of hydrogen-bond donors (Lipinski definition) is 1. The van der Waals surface area contributed by atoms with Crippen LogP contribution in [0.4, 0.5) is 0 Å². The zero-order valence-electron chi connectivity index (χ0n) is 11.4. The van der Waals surface area contributed by atoms with Crippen LogP contribution in [0.25, 0.3) is 0 Å². The molecule has 0 radical (unpaired) electrons. The molecule has 1 aliphatic carbocycles. The Hall–Kier alpha value is -0.820. The summed E-state index contributed by atoms with van der Waals surface area (Å²) in [6, 6.07) is 9.63. The lowest BCUT2D eigenvalue weighted by Gasteiger charge is -2.29. The van der Waals surface area contributed by atoms with Crippen LogP contribution in [0.15, 0.2) is 24.3 Å². The van der Waals surface area contributed by atoms with E-state index < -0.39 is 0 Å². The van der Waals surface area contributed by atoms with Crippen molar-refractivity contribution in [2.45, 2.75) is 46.1 Å². The zero-order valence-corrected chi connectivity index (χ0v) is 11.4. The summed E-state index contributed by atoms with van der Waals surface area (Å²) >= 11 is 0. The van der Waals surface area contributed by atoms with Gasteiger partial charge in [0.1, 0.15) is 0 Å². The Kier molecular flexibility index (Phi) is 4.22. The van der Waals surface area contributed by atoms with E-state index in [1.54, 1.807) is 11.1 Å². The molecule has 1 nitrogen and oxygen atoms in total. The third kappa shape index (κ3) is 2.71. The number of hydrogen-bond acceptors (Lipinski definition) is 1.